The summed E-state index contributed by atoms with van der Waals surface area (Å²) in [5.41, 5.74) is 2.86. The van der Waals surface area contributed by atoms with E-state index in [-0.39, 0.29) is 18.1 Å². The van der Waals surface area contributed by atoms with E-state index >= 15 is 0 Å². The molecule has 128 valence electrons. The molecule has 0 amide bonds. The summed E-state index contributed by atoms with van der Waals surface area (Å²) >= 11 is 1.50. The quantitative estimate of drug-likeness (QED) is 0.644. The summed E-state index contributed by atoms with van der Waals surface area (Å²) in [5, 5.41) is 9.82. The smallest absolute Gasteiger partial charge is 0.348 e. The lowest BCUT2D eigenvalue weighted by atomic mass is 9.97. The van der Waals surface area contributed by atoms with Crippen LogP contribution in [-0.4, -0.2) is 21.3 Å². The zero-order chi connectivity index (χ0) is 16.9. The second kappa shape index (κ2) is 7.94. The summed E-state index contributed by atoms with van der Waals surface area (Å²) < 4.78 is 15.0. The number of aromatic nitrogens is 2. The lowest BCUT2D eigenvalue weighted by Gasteiger charge is -2.22. The van der Waals surface area contributed by atoms with E-state index in [1.165, 1.54) is 23.9 Å². The first-order valence-electron chi connectivity index (χ1n) is 8.29. The Labute approximate surface area is 144 Å². The number of hydrogen-bond donors (Lipinski definition) is 1. The van der Waals surface area contributed by atoms with Crippen molar-refractivity contribution in [1.82, 2.24) is 9.55 Å². The van der Waals surface area contributed by atoms with E-state index in [0.717, 1.165) is 47.5 Å². The van der Waals surface area contributed by atoms with Gasteiger partial charge in [-0.15, -0.1) is 11.8 Å². The van der Waals surface area contributed by atoms with Gasteiger partial charge in [-0.2, -0.15) is 4.98 Å². The van der Waals surface area contributed by atoms with E-state index in [0.29, 0.717) is 18.7 Å². The first-order valence-corrected chi connectivity index (χ1v) is 9.28. The van der Waals surface area contributed by atoms with Crippen LogP contribution in [0.4, 0.5) is 4.39 Å². The third-order valence-corrected chi connectivity index (χ3v) is 5.34. The molecule has 1 heterocycles. The van der Waals surface area contributed by atoms with E-state index in [1.807, 2.05) is 6.07 Å². The number of thioether (sulfide) groups is 1. The number of aliphatic hydroxyl groups is 1. The molecule has 1 aliphatic rings. The molecule has 4 nitrogen and oxygen atoms in total. The summed E-state index contributed by atoms with van der Waals surface area (Å²) in [4.78, 5) is 16.7. The highest BCUT2D eigenvalue weighted by molar-refractivity contribution is 7.98. The maximum absolute atomic E-state index is 13.3. The Balaban J connectivity index is 1.88. The lowest BCUT2D eigenvalue weighted by molar-refractivity contribution is 0.277. The van der Waals surface area contributed by atoms with Crippen molar-refractivity contribution in [3.63, 3.8) is 0 Å². The first-order chi connectivity index (χ1) is 11.7. The number of aliphatic hydroxyl groups excluding tert-OH is 1. The number of hydrogen-bond acceptors (Lipinski definition) is 4. The maximum atomic E-state index is 13.3. The molecule has 0 fully saturated rings. The Hall–Kier alpha value is -1.66. The third-order valence-electron chi connectivity index (χ3n) is 4.26. The molecule has 0 spiro atoms. The van der Waals surface area contributed by atoms with E-state index in [2.05, 4.69) is 4.98 Å². The minimum atomic E-state index is -0.248. The molecule has 0 saturated carbocycles. The average molecular weight is 348 g/mol. The fourth-order valence-electron chi connectivity index (χ4n) is 3.11. The largest absolute Gasteiger partial charge is 0.396 e. The van der Waals surface area contributed by atoms with Crippen LogP contribution in [0.25, 0.3) is 0 Å². The molecular weight excluding hydrogens is 327 g/mol. The third kappa shape index (κ3) is 3.87. The summed E-state index contributed by atoms with van der Waals surface area (Å²) in [6.45, 7) is 0.580. The molecule has 1 N–H and O–H groups in total. The fourth-order valence-corrected chi connectivity index (χ4v) is 4.12. The molecule has 0 radical (unpaired) electrons. The van der Waals surface area contributed by atoms with Gasteiger partial charge in [0.2, 0.25) is 0 Å². The molecule has 0 saturated heterocycles. The van der Waals surface area contributed by atoms with Crippen molar-refractivity contribution in [1.29, 1.82) is 0 Å². The van der Waals surface area contributed by atoms with Gasteiger partial charge in [-0.05, 0) is 49.8 Å². The second-order valence-electron chi connectivity index (χ2n) is 5.98. The molecule has 6 heteroatoms. The Kier molecular flexibility index (Phi) is 5.68. The van der Waals surface area contributed by atoms with E-state index in [9.17, 15) is 9.18 Å². The van der Waals surface area contributed by atoms with Crippen LogP contribution in [0, 0.1) is 5.82 Å². The van der Waals surface area contributed by atoms with E-state index in [4.69, 9.17) is 5.11 Å². The van der Waals surface area contributed by atoms with Crippen molar-refractivity contribution in [2.75, 3.05) is 6.61 Å². The molecule has 0 atom stereocenters. The first kappa shape index (κ1) is 17.2. The summed E-state index contributed by atoms with van der Waals surface area (Å²) in [6.07, 6.45) is 4.53. The fraction of sp³-hybridized carbons (Fsp3) is 0.444. The summed E-state index contributed by atoms with van der Waals surface area (Å²) in [6, 6.07) is 6.52. The van der Waals surface area contributed by atoms with Crippen LogP contribution in [0.5, 0.6) is 0 Å². The van der Waals surface area contributed by atoms with Crippen LogP contribution >= 0.6 is 11.8 Å². The Morgan fingerprint density at radius 1 is 1.29 bits per heavy atom. The number of rotatable bonds is 6. The number of benzene rings is 1. The Morgan fingerprint density at radius 3 is 2.92 bits per heavy atom. The van der Waals surface area contributed by atoms with Crippen LogP contribution < -0.4 is 5.69 Å². The van der Waals surface area contributed by atoms with Gasteiger partial charge in [0.1, 0.15) is 10.8 Å². The molecule has 2 aromatic rings. The minimum absolute atomic E-state index is 0.0668. The molecule has 0 aliphatic heterocycles. The topological polar surface area (TPSA) is 55.1 Å². The number of halogens is 1. The summed E-state index contributed by atoms with van der Waals surface area (Å²) in [5.74, 6) is 0.347. The lowest BCUT2D eigenvalue weighted by Crippen LogP contribution is -2.30. The molecule has 1 aromatic carbocycles. The van der Waals surface area contributed by atoms with Gasteiger partial charge in [0.25, 0.3) is 0 Å². The predicted octanol–water partition coefficient (Wildman–Crippen LogP) is 2.94. The second-order valence-corrected chi connectivity index (χ2v) is 6.94. The van der Waals surface area contributed by atoms with Crippen molar-refractivity contribution in [3.8, 4) is 0 Å². The molecule has 0 unspecified atom stereocenters. The van der Waals surface area contributed by atoms with Crippen molar-refractivity contribution in [3.05, 3.63) is 57.4 Å². The van der Waals surface area contributed by atoms with Gasteiger partial charge in [-0.3, -0.25) is 4.57 Å². The van der Waals surface area contributed by atoms with Gasteiger partial charge in [-0.25, -0.2) is 9.18 Å². The SMILES string of the molecule is O=c1nc(SCc2cccc(F)c2)c2c(n1CCCO)CCCC2. The van der Waals surface area contributed by atoms with Gasteiger partial charge in [0, 0.05) is 30.2 Å². The standard InChI is InChI=1S/C18H21FN2O2S/c19-14-6-3-5-13(11-14)12-24-17-15-7-1-2-8-16(15)21(9-4-10-22)18(23)20-17/h3,5-6,11,22H,1-2,4,7-10,12H2. The average Bonchev–Trinajstić information content (AvgIpc) is 2.59. The van der Waals surface area contributed by atoms with Crippen LogP contribution in [-0.2, 0) is 25.1 Å². The van der Waals surface area contributed by atoms with Crippen molar-refractivity contribution in [2.24, 2.45) is 0 Å². The molecule has 24 heavy (non-hydrogen) atoms. The zero-order valence-electron chi connectivity index (χ0n) is 13.5. The zero-order valence-corrected chi connectivity index (χ0v) is 14.3. The maximum Gasteiger partial charge on any atom is 0.348 e. The Morgan fingerprint density at radius 2 is 2.12 bits per heavy atom. The van der Waals surface area contributed by atoms with Gasteiger partial charge in [0.05, 0.1) is 0 Å². The molecule has 3 rings (SSSR count). The molecule has 0 bridgehead atoms. The van der Waals surface area contributed by atoms with E-state index in [1.54, 1.807) is 10.6 Å². The van der Waals surface area contributed by atoms with Crippen molar-refractivity contribution < 1.29 is 9.50 Å². The monoisotopic (exact) mass is 348 g/mol. The van der Waals surface area contributed by atoms with Crippen molar-refractivity contribution in [2.45, 2.75) is 49.4 Å². The highest BCUT2D eigenvalue weighted by atomic mass is 32.2. The van der Waals surface area contributed by atoms with Gasteiger partial charge in [0.15, 0.2) is 0 Å². The minimum Gasteiger partial charge on any atom is -0.396 e. The predicted molar refractivity (Wildman–Crippen MR) is 92.8 cm³/mol. The number of nitrogens with zero attached hydrogens (tertiary/aromatic N) is 2. The normalized spacial score (nSPS) is 13.8. The molecular formula is C18H21FN2O2S. The van der Waals surface area contributed by atoms with Gasteiger partial charge >= 0.3 is 5.69 Å². The highest BCUT2D eigenvalue weighted by Crippen LogP contribution is 2.30. The Bertz CT molecular complexity index is 776. The number of fused-ring (bicyclic) bond motifs is 1. The molecule has 1 aliphatic carbocycles. The van der Waals surface area contributed by atoms with E-state index < -0.39 is 0 Å². The summed E-state index contributed by atoms with van der Waals surface area (Å²) in [7, 11) is 0. The van der Waals surface area contributed by atoms with Crippen molar-refractivity contribution >= 4 is 11.8 Å². The van der Waals surface area contributed by atoms with Gasteiger partial charge in [-0.1, -0.05) is 12.1 Å². The highest BCUT2D eigenvalue weighted by Gasteiger charge is 2.20. The van der Waals surface area contributed by atoms with Crippen LogP contribution in [0.3, 0.4) is 0 Å². The van der Waals surface area contributed by atoms with Crippen LogP contribution in [0.15, 0.2) is 34.1 Å². The molecule has 1 aromatic heterocycles. The van der Waals surface area contributed by atoms with Crippen LogP contribution in [0.1, 0.15) is 36.1 Å². The van der Waals surface area contributed by atoms with Crippen LogP contribution in [0.2, 0.25) is 0 Å². The van der Waals surface area contributed by atoms with Gasteiger partial charge < -0.3 is 5.11 Å².